The van der Waals surface area contributed by atoms with Gasteiger partial charge in [0.05, 0.1) is 17.0 Å². The molecule has 0 spiro atoms. The molecule has 6 heteroatoms. The molecule has 3 aromatic carbocycles. The number of unbranched alkanes of at least 4 members (excludes halogenated alkanes) is 2. The third kappa shape index (κ3) is 6.66. The van der Waals surface area contributed by atoms with E-state index < -0.39 is 0 Å². The van der Waals surface area contributed by atoms with Gasteiger partial charge in [0.15, 0.2) is 5.88 Å². The topological polar surface area (TPSA) is 89.5 Å². The summed E-state index contributed by atoms with van der Waals surface area (Å²) < 4.78 is 0. The highest BCUT2D eigenvalue weighted by atomic mass is 16.3. The summed E-state index contributed by atoms with van der Waals surface area (Å²) in [6.07, 6.45) is 4.29. The number of aromatic amines is 1. The Hall–Kier alpha value is -3.90. The highest BCUT2D eigenvalue weighted by molar-refractivity contribution is 6.22. The maximum absolute atomic E-state index is 12.7. The molecule has 4 aromatic rings. The van der Waals surface area contributed by atoms with Gasteiger partial charge in [-0.25, -0.2) is 4.99 Å². The van der Waals surface area contributed by atoms with Crippen LogP contribution < -0.4 is 10.6 Å². The van der Waals surface area contributed by atoms with Crippen molar-refractivity contribution >= 4 is 28.2 Å². The van der Waals surface area contributed by atoms with E-state index in [9.17, 15) is 9.90 Å². The first kappa shape index (κ1) is 26.2. The molecular weight excluding hydrogens is 460 g/mol. The molecule has 0 atom stereocenters. The predicted molar refractivity (Wildman–Crippen MR) is 152 cm³/mol. The van der Waals surface area contributed by atoms with Gasteiger partial charge in [-0.15, -0.1) is 0 Å². The summed E-state index contributed by atoms with van der Waals surface area (Å²) in [5.74, 6) is -0.0961. The molecule has 6 nitrogen and oxygen atoms in total. The Bertz CT molecular complexity index is 1340. The third-order valence-corrected chi connectivity index (χ3v) is 6.35. The van der Waals surface area contributed by atoms with E-state index in [0.717, 1.165) is 48.1 Å². The van der Waals surface area contributed by atoms with Crippen LogP contribution in [0.3, 0.4) is 0 Å². The summed E-state index contributed by atoms with van der Waals surface area (Å²) in [4.78, 5) is 20.8. The van der Waals surface area contributed by atoms with Gasteiger partial charge in [0.25, 0.3) is 5.91 Å². The minimum Gasteiger partial charge on any atom is -0.494 e. The molecule has 1 heterocycles. The number of H-pyrrole nitrogens is 1. The number of nitrogens with one attached hydrogen (secondary N) is 3. The SMILES string of the molecule is CCCCNCc1ccc(N=C(c2ccccc2)c2c(O)[nH]c3ccc(C(=O)NCCCC)cc23)cc1. The molecule has 0 aliphatic rings. The number of nitrogens with zero attached hydrogens (tertiary/aromatic N) is 1. The van der Waals surface area contributed by atoms with Gasteiger partial charge in [-0.05, 0) is 55.3 Å². The van der Waals surface area contributed by atoms with Gasteiger partial charge in [0.1, 0.15) is 0 Å². The fourth-order valence-corrected chi connectivity index (χ4v) is 4.25. The van der Waals surface area contributed by atoms with Crippen LogP contribution in [0.15, 0.2) is 77.8 Å². The Balaban J connectivity index is 1.71. The first-order valence-corrected chi connectivity index (χ1v) is 13.2. The summed E-state index contributed by atoms with van der Waals surface area (Å²) >= 11 is 0. The molecule has 192 valence electrons. The second-order valence-electron chi connectivity index (χ2n) is 9.24. The van der Waals surface area contributed by atoms with Crippen molar-refractivity contribution in [3.8, 4) is 5.88 Å². The van der Waals surface area contributed by atoms with Crippen LogP contribution in [0.1, 0.15) is 66.6 Å². The smallest absolute Gasteiger partial charge is 0.251 e. The van der Waals surface area contributed by atoms with E-state index in [4.69, 9.17) is 4.99 Å². The predicted octanol–water partition coefficient (Wildman–Crippen LogP) is 6.46. The molecule has 0 bridgehead atoms. The van der Waals surface area contributed by atoms with Crippen molar-refractivity contribution in [2.75, 3.05) is 13.1 Å². The number of amides is 1. The van der Waals surface area contributed by atoms with E-state index >= 15 is 0 Å². The first-order chi connectivity index (χ1) is 18.1. The summed E-state index contributed by atoms with van der Waals surface area (Å²) in [5, 5.41) is 18.2. The van der Waals surface area contributed by atoms with E-state index in [1.165, 1.54) is 18.4 Å². The van der Waals surface area contributed by atoms with Crippen LogP contribution in [0, 0.1) is 0 Å². The number of rotatable bonds is 12. The molecule has 0 aliphatic heterocycles. The van der Waals surface area contributed by atoms with Crippen LogP contribution in [0.25, 0.3) is 10.9 Å². The number of hydrogen-bond donors (Lipinski definition) is 4. The fourth-order valence-electron chi connectivity index (χ4n) is 4.25. The Kier molecular flexibility index (Phi) is 9.11. The summed E-state index contributed by atoms with van der Waals surface area (Å²) in [7, 11) is 0. The third-order valence-electron chi connectivity index (χ3n) is 6.35. The Morgan fingerprint density at radius 2 is 1.62 bits per heavy atom. The maximum atomic E-state index is 12.7. The molecule has 1 amide bonds. The van der Waals surface area contributed by atoms with Gasteiger partial charge < -0.3 is 20.7 Å². The standard InChI is InChI=1S/C31H36N4O2/c1-3-5-18-32-21-22-12-15-25(16-13-22)34-29(23-10-8-7-9-11-23)28-26-20-24(30(36)33-19-6-4-2)14-17-27(26)35-31(28)37/h7-17,20,32,35,37H,3-6,18-19,21H2,1-2H3,(H,33,36). The molecule has 1 aromatic heterocycles. The number of aromatic hydroxyl groups is 1. The van der Waals surface area contributed by atoms with E-state index in [1.807, 2.05) is 54.6 Å². The Labute approximate surface area is 218 Å². The highest BCUT2D eigenvalue weighted by Crippen LogP contribution is 2.32. The molecule has 4 rings (SSSR count). The minimum atomic E-state index is -0.122. The van der Waals surface area contributed by atoms with Crippen molar-refractivity contribution in [1.29, 1.82) is 0 Å². The lowest BCUT2D eigenvalue weighted by Gasteiger charge is -2.09. The van der Waals surface area contributed by atoms with E-state index in [2.05, 4.69) is 41.6 Å². The van der Waals surface area contributed by atoms with E-state index in [0.29, 0.717) is 23.4 Å². The second kappa shape index (κ2) is 12.9. The van der Waals surface area contributed by atoms with Crippen molar-refractivity contribution in [3.05, 3.63) is 95.1 Å². The van der Waals surface area contributed by atoms with E-state index in [1.54, 1.807) is 6.07 Å². The molecule has 0 saturated heterocycles. The van der Waals surface area contributed by atoms with Gasteiger partial charge in [-0.3, -0.25) is 4.79 Å². The fraction of sp³-hybridized carbons (Fsp3) is 0.290. The molecule has 4 N–H and O–H groups in total. The number of fused-ring (bicyclic) bond motifs is 1. The first-order valence-electron chi connectivity index (χ1n) is 13.2. The van der Waals surface area contributed by atoms with Crippen LogP contribution >= 0.6 is 0 Å². The maximum Gasteiger partial charge on any atom is 0.251 e. The number of carbonyl (C=O) groups excluding carboxylic acids is 1. The van der Waals surface area contributed by atoms with Gasteiger partial charge in [-0.1, -0.05) is 69.2 Å². The second-order valence-corrected chi connectivity index (χ2v) is 9.24. The van der Waals surface area contributed by atoms with Crippen LogP contribution in [-0.2, 0) is 6.54 Å². The van der Waals surface area contributed by atoms with Crippen molar-refractivity contribution in [1.82, 2.24) is 15.6 Å². The Morgan fingerprint density at radius 3 is 2.35 bits per heavy atom. The zero-order chi connectivity index (χ0) is 26.0. The Morgan fingerprint density at radius 1 is 0.892 bits per heavy atom. The lowest BCUT2D eigenvalue weighted by Crippen LogP contribution is -2.24. The van der Waals surface area contributed by atoms with Gasteiger partial charge in [0.2, 0.25) is 0 Å². The number of benzene rings is 3. The molecular formula is C31H36N4O2. The molecule has 0 unspecified atom stereocenters. The van der Waals surface area contributed by atoms with Crippen LogP contribution in [0.5, 0.6) is 5.88 Å². The number of hydrogen-bond acceptors (Lipinski definition) is 4. The average molecular weight is 497 g/mol. The van der Waals surface area contributed by atoms with Crippen molar-refractivity contribution in [2.45, 2.75) is 46.1 Å². The summed E-state index contributed by atoms with van der Waals surface area (Å²) in [6.45, 7) is 6.75. The number of aromatic nitrogens is 1. The van der Waals surface area contributed by atoms with E-state index in [-0.39, 0.29) is 11.8 Å². The highest BCUT2D eigenvalue weighted by Gasteiger charge is 2.20. The minimum absolute atomic E-state index is 0.0258. The largest absolute Gasteiger partial charge is 0.494 e. The van der Waals surface area contributed by atoms with Crippen LogP contribution in [0.4, 0.5) is 5.69 Å². The van der Waals surface area contributed by atoms with Crippen LogP contribution in [0.2, 0.25) is 0 Å². The molecule has 37 heavy (non-hydrogen) atoms. The zero-order valence-electron chi connectivity index (χ0n) is 21.7. The number of aliphatic imine (C=N–C) groups is 1. The van der Waals surface area contributed by atoms with Crippen LogP contribution in [-0.4, -0.2) is 34.8 Å². The van der Waals surface area contributed by atoms with Crippen molar-refractivity contribution < 1.29 is 9.90 Å². The lowest BCUT2D eigenvalue weighted by atomic mass is 9.99. The normalized spacial score (nSPS) is 11.7. The number of carbonyl (C=O) groups is 1. The van der Waals surface area contributed by atoms with Crippen molar-refractivity contribution in [3.63, 3.8) is 0 Å². The molecule has 0 radical (unpaired) electrons. The van der Waals surface area contributed by atoms with Crippen molar-refractivity contribution in [2.24, 2.45) is 4.99 Å². The molecule has 0 aliphatic carbocycles. The average Bonchev–Trinajstić information content (AvgIpc) is 3.25. The monoisotopic (exact) mass is 496 g/mol. The summed E-state index contributed by atoms with van der Waals surface area (Å²) in [5.41, 5.74) is 5.38. The quantitative estimate of drug-likeness (QED) is 0.134. The van der Waals surface area contributed by atoms with Gasteiger partial charge in [0, 0.05) is 35.1 Å². The van der Waals surface area contributed by atoms with Gasteiger partial charge >= 0.3 is 0 Å². The lowest BCUT2D eigenvalue weighted by molar-refractivity contribution is 0.0953. The zero-order valence-corrected chi connectivity index (χ0v) is 21.7. The molecule has 0 saturated carbocycles. The molecule has 0 fully saturated rings. The van der Waals surface area contributed by atoms with Gasteiger partial charge in [-0.2, -0.15) is 0 Å². The summed E-state index contributed by atoms with van der Waals surface area (Å²) in [6, 6.07) is 23.4.